The number of H-pyrrole nitrogens is 1. The lowest BCUT2D eigenvalue weighted by atomic mass is 10.2. The van der Waals surface area contributed by atoms with E-state index in [0.29, 0.717) is 5.56 Å². The summed E-state index contributed by atoms with van der Waals surface area (Å²) >= 11 is 0. The van der Waals surface area contributed by atoms with Crippen LogP contribution in [-0.2, 0) is 18.3 Å². The first-order valence-electron chi connectivity index (χ1n) is 7.49. The molecule has 2 fully saturated rings. The van der Waals surface area contributed by atoms with Gasteiger partial charge in [0, 0.05) is 18.2 Å². The van der Waals surface area contributed by atoms with Crippen molar-refractivity contribution >= 4 is 7.60 Å². The fourth-order valence-corrected chi connectivity index (χ4v) is 4.36. The minimum Gasteiger partial charge on any atom is -0.349 e. The van der Waals surface area contributed by atoms with Crippen molar-refractivity contribution in [1.82, 2.24) is 9.55 Å². The maximum atomic E-state index is 12.8. The summed E-state index contributed by atoms with van der Waals surface area (Å²) in [6.45, 7) is 4.59. The lowest BCUT2D eigenvalue weighted by molar-refractivity contribution is -0.0604. The Morgan fingerprint density at radius 1 is 1.42 bits per heavy atom. The van der Waals surface area contributed by atoms with E-state index in [9.17, 15) is 19.4 Å². The Balaban J connectivity index is 1.85. The molecule has 0 aromatic carbocycles. The van der Waals surface area contributed by atoms with Gasteiger partial charge in [0.15, 0.2) is 5.16 Å². The molecule has 24 heavy (non-hydrogen) atoms. The van der Waals surface area contributed by atoms with E-state index in [1.54, 1.807) is 6.92 Å². The number of aryl methyl sites for hydroxylation is 1. The summed E-state index contributed by atoms with van der Waals surface area (Å²) in [6.07, 6.45) is -0.0243. The molecule has 0 spiro atoms. The molecule has 3 rings (SSSR count). The zero-order valence-electron chi connectivity index (χ0n) is 13.5. The molecule has 0 bridgehead atoms. The van der Waals surface area contributed by atoms with E-state index >= 15 is 0 Å². The molecule has 10 heteroatoms. The van der Waals surface area contributed by atoms with Gasteiger partial charge in [-0.3, -0.25) is 18.9 Å². The van der Waals surface area contributed by atoms with E-state index in [0.717, 1.165) is 0 Å². The number of hydrogen-bond acceptors (Lipinski definition) is 7. The Hall–Kier alpha value is -1.72. The average Bonchev–Trinajstić information content (AvgIpc) is 2.93. The molecule has 2 aliphatic rings. The largest absolute Gasteiger partial charge is 0.350 e. The number of rotatable bonds is 2. The molecular weight excluding hydrogens is 337 g/mol. The van der Waals surface area contributed by atoms with Crippen molar-refractivity contribution in [1.29, 1.82) is 5.26 Å². The Morgan fingerprint density at radius 3 is 2.79 bits per heavy atom. The van der Waals surface area contributed by atoms with E-state index in [-0.39, 0.29) is 13.0 Å². The normalized spacial score (nSPS) is 33.0. The van der Waals surface area contributed by atoms with Gasteiger partial charge in [-0.25, -0.2) is 4.79 Å². The molecular formula is C14H18N3O6P. The van der Waals surface area contributed by atoms with Gasteiger partial charge in [0.2, 0.25) is 0 Å². The first-order valence-corrected chi connectivity index (χ1v) is 9.03. The molecule has 4 unspecified atom stereocenters. The molecule has 0 aliphatic carbocycles. The first-order chi connectivity index (χ1) is 11.2. The number of aromatic nitrogens is 2. The topological polar surface area (TPSA) is 123 Å². The van der Waals surface area contributed by atoms with E-state index < -0.39 is 42.4 Å². The van der Waals surface area contributed by atoms with Crippen molar-refractivity contribution in [2.75, 3.05) is 6.61 Å². The number of fused-ring (bicyclic) bond motifs is 1. The second-order valence-corrected chi connectivity index (χ2v) is 9.03. The number of aromatic amines is 1. The summed E-state index contributed by atoms with van der Waals surface area (Å²) in [7, 11) is -3.62. The highest BCUT2D eigenvalue weighted by atomic mass is 31.2. The highest BCUT2D eigenvalue weighted by Gasteiger charge is 2.53. The van der Waals surface area contributed by atoms with E-state index in [4.69, 9.17) is 13.8 Å². The van der Waals surface area contributed by atoms with Crippen LogP contribution < -0.4 is 11.2 Å². The molecule has 1 aromatic heterocycles. The molecule has 3 heterocycles. The number of ether oxygens (including phenoxy) is 1. The van der Waals surface area contributed by atoms with Crippen molar-refractivity contribution in [3.05, 3.63) is 32.6 Å². The number of nitrogens with one attached hydrogen (secondary N) is 1. The fourth-order valence-electron chi connectivity index (χ4n) is 2.67. The van der Waals surface area contributed by atoms with Crippen LogP contribution in [0, 0.1) is 18.3 Å². The second-order valence-electron chi connectivity index (χ2n) is 6.45. The van der Waals surface area contributed by atoms with Gasteiger partial charge < -0.3 is 13.8 Å². The number of hydrogen-bond donors (Lipinski definition) is 1. The highest BCUT2D eigenvalue weighted by Crippen LogP contribution is 2.64. The highest BCUT2D eigenvalue weighted by molar-refractivity contribution is 7.56. The van der Waals surface area contributed by atoms with E-state index in [1.165, 1.54) is 24.6 Å². The van der Waals surface area contributed by atoms with Crippen LogP contribution in [0.2, 0.25) is 0 Å². The zero-order valence-corrected chi connectivity index (χ0v) is 14.4. The van der Waals surface area contributed by atoms with Crippen LogP contribution in [0.15, 0.2) is 15.8 Å². The standard InChI is InChI=1S/C14H18N3O6P/c1-8-5-17(13(19)16-12(8)18)11-4-9-10(22-11)6-21-24(20,23-9)14(2,3)7-15/h5,9-11H,4,6H2,1-3H3,(H,16,18,19). The van der Waals surface area contributed by atoms with Crippen LogP contribution in [0.25, 0.3) is 0 Å². The minimum atomic E-state index is -3.62. The molecule has 0 amide bonds. The van der Waals surface area contributed by atoms with Gasteiger partial charge in [-0.1, -0.05) is 0 Å². The summed E-state index contributed by atoms with van der Waals surface area (Å²) in [5.41, 5.74) is -0.663. The Bertz CT molecular complexity index is 866. The van der Waals surface area contributed by atoms with Gasteiger partial charge in [0.1, 0.15) is 18.4 Å². The summed E-state index contributed by atoms with van der Waals surface area (Å²) in [6, 6.07) is 1.95. The summed E-state index contributed by atoms with van der Waals surface area (Å²) < 4.78 is 30.8. The van der Waals surface area contributed by atoms with Crippen LogP contribution in [-0.4, -0.2) is 33.5 Å². The van der Waals surface area contributed by atoms with E-state index in [2.05, 4.69) is 4.98 Å². The maximum Gasteiger partial charge on any atom is 0.350 e. The van der Waals surface area contributed by atoms with Crippen molar-refractivity contribution in [2.45, 2.75) is 50.8 Å². The minimum absolute atomic E-state index is 0.0145. The first kappa shape index (κ1) is 17.1. The third-order valence-corrected chi connectivity index (χ3v) is 6.78. The molecule has 0 saturated carbocycles. The smallest absolute Gasteiger partial charge is 0.349 e. The molecule has 1 aromatic rings. The van der Waals surface area contributed by atoms with Gasteiger partial charge >= 0.3 is 13.3 Å². The number of nitriles is 1. The zero-order chi connectivity index (χ0) is 17.7. The third-order valence-electron chi connectivity index (χ3n) is 4.28. The number of nitrogens with zero attached hydrogens (tertiary/aromatic N) is 2. The fraction of sp³-hybridized carbons (Fsp3) is 0.643. The van der Waals surface area contributed by atoms with Crippen LogP contribution in [0.5, 0.6) is 0 Å². The van der Waals surface area contributed by atoms with Gasteiger partial charge in [0.25, 0.3) is 5.56 Å². The predicted octanol–water partition coefficient (Wildman–Crippen LogP) is 1.04. The van der Waals surface area contributed by atoms with Crippen LogP contribution in [0.1, 0.15) is 32.1 Å². The lowest BCUT2D eigenvalue weighted by Gasteiger charge is -2.35. The van der Waals surface area contributed by atoms with Crippen LogP contribution in [0.4, 0.5) is 0 Å². The van der Waals surface area contributed by atoms with Crippen molar-refractivity contribution in [2.24, 2.45) is 0 Å². The van der Waals surface area contributed by atoms with Gasteiger partial charge in [-0.05, 0) is 20.8 Å². The third kappa shape index (κ3) is 2.66. The van der Waals surface area contributed by atoms with Gasteiger partial charge in [0.05, 0.1) is 12.7 Å². The second kappa shape index (κ2) is 5.67. The van der Waals surface area contributed by atoms with Gasteiger partial charge in [-0.2, -0.15) is 5.26 Å². The van der Waals surface area contributed by atoms with Crippen molar-refractivity contribution in [3.8, 4) is 6.07 Å². The molecule has 4 atom stereocenters. The van der Waals surface area contributed by atoms with Crippen LogP contribution in [0.3, 0.4) is 0 Å². The molecule has 9 nitrogen and oxygen atoms in total. The molecule has 130 valence electrons. The summed E-state index contributed by atoms with van der Waals surface area (Å²) in [5.74, 6) is 0. The van der Waals surface area contributed by atoms with Crippen molar-refractivity contribution < 1.29 is 18.3 Å². The van der Waals surface area contributed by atoms with Crippen molar-refractivity contribution in [3.63, 3.8) is 0 Å². The maximum absolute atomic E-state index is 12.8. The Kier molecular flexibility index (Phi) is 4.04. The van der Waals surface area contributed by atoms with Crippen LogP contribution >= 0.6 is 7.60 Å². The van der Waals surface area contributed by atoms with Gasteiger partial charge in [-0.15, -0.1) is 0 Å². The SMILES string of the molecule is Cc1cn(C2CC3OP(=O)(C(C)(C)C#N)OCC3O2)c(=O)[nH]c1=O. The molecule has 0 radical (unpaired) electrons. The Labute approximate surface area is 137 Å². The summed E-state index contributed by atoms with van der Waals surface area (Å²) in [4.78, 5) is 25.7. The average molecular weight is 355 g/mol. The Morgan fingerprint density at radius 2 is 2.12 bits per heavy atom. The molecule has 2 saturated heterocycles. The molecule has 2 aliphatic heterocycles. The lowest BCUT2D eigenvalue weighted by Crippen LogP contribution is -2.37. The van der Waals surface area contributed by atoms with E-state index in [1.807, 2.05) is 6.07 Å². The monoisotopic (exact) mass is 355 g/mol. The summed E-state index contributed by atoms with van der Waals surface area (Å²) in [5, 5.41) is 7.91. The molecule has 1 N–H and O–H groups in total. The predicted molar refractivity (Wildman–Crippen MR) is 82.7 cm³/mol. The quantitative estimate of drug-likeness (QED) is 0.786.